The quantitative estimate of drug-likeness (QED) is 0.810. The molecule has 0 fully saturated rings. The van der Waals surface area contributed by atoms with Crippen molar-refractivity contribution < 1.29 is 9.90 Å². The van der Waals surface area contributed by atoms with Crippen LogP contribution in [0.25, 0.3) is 10.9 Å². The van der Waals surface area contributed by atoms with E-state index in [0.717, 1.165) is 0 Å². The fourth-order valence-electron chi connectivity index (χ4n) is 2.33. The first-order valence-electron chi connectivity index (χ1n) is 6.79. The number of aryl methyl sites for hydroxylation is 1. The fourth-order valence-corrected chi connectivity index (χ4v) is 2.33. The van der Waals surface area contributed by atoms with E-state index in [1.54, 1.807) is 25.4 Å². The summed E-state index contributed by atoms with van der Waals surface area (Å²) in [4.78, 5) is 26.2. The van der Waals surface area contributed by atoms with Gasteiger partial charge in [0.2, 0.25) is 5.43 Å². The van der Waals surface area contributed by atoms with E-state index >= 15 is 0 Å². The van der Waals surface area contributed by atoms with E-state index in [4.69, 9.17) is 10.8 Å². The third-order valence-corrected chi connectivity index (χ3v) is 3.49. The van der Waals surface area contributed by atoms with Crippen LogP contribution in [0.4, 0.5) is 5.69 Å². The number of benzene rings is 1. The molecular formula is C15H19N3O3. The van der Waals surface area contributed by atoms with Gasteiger partial charge < -0.3 is 20.3 Å². The van der Waals surface area contributed by atoms with Crippen molar-refractivity contribution in [2.45, 2.75) is 13.5 Å². The molecule has 1 aromatic heterocycles. The molecule has 6 heteroatoms. The number of carbonyl (C=O) groups excluding carboxylic acids is 1. The van der Waals surface area contributed by atoms with Crippen LogP contribution >= 0.6 is 0 Å². The maximum atomic E-state index is 12.6. The van der Waals surface area contributed by atoms with Crippen molar-refractivity contribution in [1.82, 2.24) is 9.47 Å². The zero-order chi connectivity index (χ0) is 15.6. The standard InChI is InChI=1S/C15H19N3O3/c1-3-18-9-10(15(21)17(2)7-8-19)14(20)13-11(16)5-4-6-12(13)18/h4-6,9,19H,3,7-8,16H2,1-2H3. The molecule has 0 spiro atoms. The summed E-state index contributed by atoms with van der Waals surface area (Å²) in [5.41, 5.74) is 6.67. The lowest BCUT2D eigenvalue weighted by atomic mass is 10.1. The Bertz CT molecular complexity index is 737. The number of anilines is 1. The molecule has 0 bridgehead atoms. The molecule has 6 nitrogen and oxygen atoms in total. The monoisotopic (exact) mass is 289 g/mol. The van der Waals surface area contributed by atoms with E-state index in [2.05, 4.69) is 0 Å². The largest absolute Gasteiger partial charge is 0.398 e. The second-order valence-corrected chi connectivity index (χ2v) is 4.85. The van der Waals surface area contributed by atoms with Gasteiger partial charge >= 0.3 is 0 Å². The number of nitrogens with zero attached hydrogens (tertiary/aromatic N) is 2. The Hall–Kier alpha value is -2.34. The van der Waals surface area contributed by atoms with Crippen LogP contribution in [-0.4, -0.2) is 40.7 Å². The van der Waals surface area contributed by atoms with Crippen LogP contribution in [0.1, 0.15) is 17.3 Å². The van der Waals surface area contributed by atoms with Gasteiger partial charge in [-0.3, -0.25) is 9.59 Å². The van der Waals surface area contributed by atoms with Crippen LogP contribution in [0.3, 0.4) is 0 Å². The van der Waals surface area contributed by atoms with E-state index in [0.29, 0.717) is 23.1 Å². The fraction of sp³-hybridized carbons (Fsp3) is 0.333. The van der Waals surface area contributed by atoms with Crippen molar-refractivity contribution in [3.63, 3.8) is 0 Å². The minimum absolute atomic E-state index is 0.0678. The number of pyridine rings is 1. The highest BCUT2D eigenvalue weighted by Gasteiger charge is 2.19. The number of amides is 1. The van der Waals surface area contributed by atoms with E-state index in [9.17, 15) is 9.59 Å². The number of fused-ring (bicyclic) bond motifs is 1. The average Bonchev–Trinajstić information content (AvgIpc) is 2.47. The Labute approximate surface area is 122 Å². The van der Waals surface area contributed by atoms with E-state index in [1.807, 2.05) is 17.6 Å². The second-order valence-electron chi connectivity index (χ2n) is 4.85. The molecule has 2 rings (SSSR count). The van der Waals surface area contributed by atoms with Gasteiger partial charge in [0.1, 0.15) is 5.56 Å². The van der Waals surface area contributed by atoms with Crippen LogP contribution in [0.2, 0.25) is 0 Å². The van der Waals surface area contributed by atoms with Gasteiger partial charge in [-0.25, -0.2) is 0 Å². The molecule has 0 unspecified atom stereocenters. The number of nitrogens with two attached hydrogens (primary N) is 1. The molecule has 1 heterocycles. The Morgan fingerprint density at radius 2 is 2.14 bits per heavy atom. The molecule has 0 aliphatic rings. The van der Waals surface area contributed by atoms with Gasteiger partial charge in [0, 0.05) is 32.0 Å². The molecule has 0 aliphatic carbocycles. The first-order chi connectivity index (χ1) is 10.0. The molecular weight excluding hydrogens is 270 g/mol. The van der Waals surface area contributed by atoms with Crippen molar-refractivity contribution >= 4 is 22.5 Å². The molecule has 3 N–H and O–H groups in total. The Kier molecular flexibility index (Phi) is 4.28. The summed E-state index contributed by atoms with van der Waals surface area (Å²) in [6.45, 7) is 2.57. The zero-order valence-corrected chi connectivity index (χ0v) is 12.2. The number of aliphatic hydroxyl groups excluding tert-OH is 1. The Balaban J connectivity index is 2.71. The summed E-state index contributed by atoms with van der Waals surface area (Å²) < 4.78 is 1.83. The maximum absolute atomic E-state index is 12.6. The first-order valence-corrected chi connectivity index (χ1v) is 6.79. The lowest BCUT2D eigenvalue weighted by Crippen LogP contribution is -2.33. The van der Waals surface area contributed by atoms with Crippen LogP contribution in [0.5, 0.6) is 0 Å². The lowest BCUT2D eigenvalue weighted by Gasteiger charge is -2.17. The Morgan fingerprint density at radius 3 is 2.76 bits per heavy atom. The molecule has 112 valence electrons. The van der Waals surface area contributed by atoms with Gasteiger partial charge in [-0.05, 0) is 19.1 Å². The highest BCUT2D eigenvalue weighted by atomic mass is 16.3. The van der Waals surface area contributed by atoms with E-state index < -0.39 is 5.91 Å². The topological polar surface area (TPSA) is 88.6 Å². The molecule has 1 amide bonds. The number of hydrogen-bond acceptors (Lipinski definition) is 4. The molecule has 2 aromatic rings. The van der Waals surface area contributed by atoms with Gasteiger partial charge in [0.25, 0.3) is 5.91 Å². The maximum Gasteiger partial charge on any atom is 0.259 e. The van der Waals surface area contributed by atoms with E-state index in [1.165, 1.54) is 4.90 Å². The van der Waals surface area contributed by atoms with Crippen molar-refractivity contribution in [2.24, 2.45) is 0 Å². The van der Waals surface area contributed by atoms with Crippen LogP contribution in [-0.2, 0) is 6.54 Å². The number of hydrogen-bond donors (Lipinski definition) is 2. The van der Waals surface area contributed by atoms with E-state index in [-0.39, 0.29) is 24.1 Å². The number of aromatic nitrogens is 1. The summed E-state index contributed by atoms with van der Waals surface area (Å²) in [6, 6.07) is 5.24. The molecule has 0 aliphatic heterocycles. The predicted molar refractivity (Wildman–Crippen MR) is 82.3 cm³/mol. The van der Waals surface area contributed by atoms with Crippen molar-refractivity contribution in [2.75, 3.05) is 25.9 Å². The molecule has 0 saturated carbocycles. The first kappa shape index (κ1) is 15.1. The summed E-state index contributed by atoms with van der Waals surface area (Å²) in [6.07, 6.45) is 1.56. The second kappa shape index (κ2) is 5.97. The summed E-state index contributed by atoms with van der Waals surface area (Å²) in [5.74, 6) is -0.415. The summed E-state index contributed by atoms with van der Waals surface area (Å²) in [5, 5.41) is 9.28. The van der Waals surface area contributed by atoms with Crippen molar-refractivity contribution in [3.8, 4) is 0 Å². The SMILES string of the molecule is CCn1cc(C(=O)N(C)CCO)c(=O)c2c(N)cccc21. The van der Waals surface area contributed by atoms with Crippen molar-refractivity contribution in [1.29, 1.82) is 0 Å². The Morgan fingerprint density at radius 1 is 1.43 bits per heavy atom. The minimum Gasteiger partial charge on any atom is -0.398 e. The normalized spacial score (nSPS) is 10.8. The third kappa shape index (κ3) is 2.62. The molecule has 21 heavy (non-hydrogen) atoms. The van der Waals surface area contributed by atoms with Gasteiger partial charge in [0.05, 0.1) is 17.5 Å². The molecule has 1 aromatic carbocycles. The number of aliphatic hydroxyl groups is 1. The molecule has 0 radical (unpaired) electrons. The summed E-state index contributed by atoms with van der Waals surface area (Å²) in [7, 11) is 1.55. The number of rotatable bonds is 4. The van der Waals surface area contributed by atoms with Gasteiger partial charge in [-0.15, -0.1) is 0 Å². The van der Waals surface area contributed by atoms with Gasteiger partial charge in [0.15, 0.2) is 0 Å². The number of nitrogen functional groups attached to an aromatic ring is 1. The molecule has 0 atom stereocenters. The third-order valence-electron chi connectivity index (χ3n) is 3.49. The molecule has 0 saturated heterocycles. The lowest BCUT2D eigenvalue weighted by molar-refractivity contribution is 0.0765. The smallest absolute Gasteiger partial charge is 0.259 e. The zero-order valence-electron chi connectivity index (χ0n) is 12.2. The van der Waals surface area contributed by atoms with Crippen molar-refractivity contribution in [3.05, 3.63) is 40.2 Å². The highest BCUT2D eigenvalue weighted by Crippen LogP contribution is 2.18. The number of likely N-dealkylation sites (N-methyl/N-ethyl adjacent to an activating group) is 1. The number of carbonyl (C=O) groups is 1. The minimum atomic E-state index is -0.415. The van der Waals surface area contributed by atoms with Gasteiger partial charge in [-0.2, -0.15) is 0 Å². The van der Waals surface area contributed by atoms with Gasteiger partial charge in [-0.1, -0.05) is 6.07 Å². The van der Waals surface area contributed by atoms with Crippen LogP contribution in [0, 0.1) is 0 Å². The summed E-state index contributed by atoms with van der Waals surface area (Å²) >= 11 is 0. The van der Waals surface area contributed by atoms with Crippen LogP contribution < -0.4 is 11.2 Å². The predicted octanol–water partition coefficient (Wildman–Crippen LogP) is 0.668. The average molecular weight is 289 g/mol. The van der Waals surface area contributed by atoms with Crippen LogP contribution in [0.15, 0.2) is 29.2 Å². The highest BCUT2D eigenvalue weighted by molar-refractivity contribution is 6.00.